The highest BCUT2D eigenvalue weighted by atomic mass is 19.1. The third kappa shape index (κ3) is 1.55. The van der Waals surface area contributed by atoms with E-state index in [1.165, 1.54) is 4.90 Å². The molecular weight excluding hydrogens is 173 g/mol. The number of nitrogens with zero attached hydrogens (tertiary/aromatic N) is 1. The van der Waals surface area contributed by atoms with Crippen molar-refractivity contribution in [2.75, 3.05) is 20.3 Å². The van der Waals surface area contributed by atoms with Gasteiger partial charge in [0, 0.05) is 19.5 Å². The predicted octanol–water partition coefficient (Wildman–Crippen LogP) is 0.736. The van der Waals surface area contributed by atoms with E-state index in [2.05, 4.69) is 0 Å². The highest BCUT2D eigenvalue weighted by Gasteiger charge is 2.47. The average molecular weight is 187 g/mol. The second kappa shape index (κ2) is 2.94. The molecule has 1 unspecified atom stereocenters. The fraction of sp³-hybridized carbons (Fsp3) is 0.889. The average Bonchev–Trinajstić information content (AvgIpc) is 2.88. The van der Waals surface area contributed by atoms with Crippen LogP contribution in [0.5, 0.6) is 0 Å². The van der Waals surface area contributed by atoms with Crippen LogP contribution in [0.1, 0.15) is 19.3 Å². The normalized spacial score (nSPS) is 33.4. The monoisotopic (exact) mass is 187 g/mol. The molecule has 1 heterocycles. The first-order valence-corrected chi connectivity index (χ1v) is 4.67. The van der Waals surface area contributed by atoms with Gasteiger partial charge < -0.3 is 9.64 Å². The molecule has 2 aliphatic rings. The van der Waals surface area contributed by atoms with E-state index in [0.717, 1.165) is 12.8 Å². The molecule has 13 heavy (non-hydrogen) atoms. The topological polar surface area (TPSA) is 29.5 Å². The number of carbonyl (C=O) groups is 1. The van der Waals surface area contributed by atoms with Gasteiger partial charge in [0.1, 0.15) is 0 Å². The maximum atomic E-state index is 13.8. The third-order valence-corrected chi connectivity index (χ3v) is 2.77. The molecule has 1 aliphatic carbocycles. The molecule has 0 N–H and O–H groups in total. The summed E-state index contributed by atoms with van der Waals surface area (Å²) in [5, 5.41) is 0. The lowest BCUT2D eigenvalue weighted by Crippen LogP contribution is -2.45. The van der Waals surface area contributed by atoms with E-state index in [1.54, 1.807) is 7.05 Å². The first kappa shape index (κ1) is 8.94. The summed E-state index contributed by atoms with van der Waals surface area (Å²) in [5.74, 6) is -0.396. The number of amides is 1. The summed E-state index contributed by atoms with van der Waals surface area (Å²) in [7, 11) is 1.68. The van der Waals surface area contributed by atoms with Crippen LogP contribution in [0.4, 0.5) is 4.39 Å². The van der Waals surface area contributed by atoms with Gasteiger partial charge in [-0.3, -0.25) is 4.79 Å². The summed E-state index contributed by atoms with van der Waals surface area (Å²) in [5.41, 5.74) is -1.74. The SMILES string of the molecule is CN(C(=O)C1(F)CCOC1)C1CC1. The van der Waals surface area contributed by atoms with E-state index < -0.39 is 11.6 Å². The Balaban J connectivity index is 2.01. The molecule has 1 saturated heterocycles. The molecule has 0 aromatic carbocycles. The zero-order chi connectivity index (χ0) is 9.47. The van der Waals surface area contributed by atoms with Crippen molar-refractivity contribution >= 4 is 5.91 Å². The van der Waals surface area contributed by atoms with E-state index in [-0.39, 0.29) is 19.1 Å². The fourth-order valence-electron chi connectivity index (χ4n) is 1.65. The molecular formula is C9H14FNO2. The molecule has 2 fully saturated rings. The summed E-state index contributed by atoms with van der Waals surface area (Å²) < 4.78 is 18.7. The van der Waals surface area contributed by atoms with Crippen molar-refractivity contribution in [3.05, 3.63) is 0 Å². The van der Waals surface area contributed by atoms with Gasteiger partial charge in [-0.2, -0.15) is 0 Å². The number of halogens is 1. The molecule has 1 amide bonds. The van der Waals surface area contributed by atoms with Gasteiger partial charge in [0.2, 0.25) is 5.67 Å². The van der Waals surface area contributed by atoms with Crippen molar-refractivity contribution in [3.8, 4) is 0 Å². The van der Waals surface area contributed by atoms with Gasteiger partial charge in [-0.1, -0.05) is 0 Å². The summed E-state index contributed by atoms with van der Waals surface area (Å²) >= 11 is 0. The molecule has 0 spiro atoms. The zero-order valence-corrected chi connectivity index (χ0v) is 7.75. The number of rotatable bonds is 2. The second-order valence-electron chi connectivity index (χ2n) is 3.92. The summed E-state index contributed by atoms with van der Waals surface area (Å²) in [6.07, 6.45) is 2.24. The van der Waals surface area contributed by atoms with E-state index >= 15 is 0 Å². The highest BCUT2D eigenvalue weighted by molar-refractivity contribution is 5.85. The van der Waals surface area contributed by atoms with Gasteiger partial charge in [-0.05, 0) is 12.8 Å². The van der Waals surface area contributed by atoms with E-state index in [0.29, 0.717) is 6.61 Å². The van der Waals surface area contributed by atoms with Crippen LogP contribution < -0.4 is 0 Å². The van der Waals surface area contributed by atoms with Crippen molar-refractivity contribution in [2.24, 2.45) is 0 Å². The van der Waals surface area contributed by atoms with Gasteiger partial charge in [0.05, 0.1) is 13.2 Å². The fourth-order valence-corrected chi connectivity index (χ4v) is 1.65. The molecule has 1 saturated carbocycles. The first-order valence-electron chi connectivity index (χ1n) is 4.67. The van der Waals surface area contributed by atoms with Crippen LogP contribution >= 0.6 is 0 Å². The van der Waals surface area contributed by atoms with Crippen molar-refractivity contribution in [1.82, 2.24) is 4.90 Å². The zero-order valence-electron chi connectivity index (χ0n) is 7.75. The van der Waals surface area contributed by atoms with Crippen LogP contribution in [-0.4, -0.2) is 42.8 Å². The summed E-state index contributed by atoms with van der Waals surface area (Å²) in [6, 6.07) is 0.278. The first-order chi connectivity index (χ1) is 6.13. The maximum absolute atomic E-state index is 13.8. The molecule has 0 bridgehead atoms. The highest BCUT2D eigenvalue weighted by Crippen LogP contribution is 2.31. The lowest BCUT2D eigenvalue weighted by molar-refractivity contribution is -0.143. The number of hydrogen-bond donors (Lipinski definition) is 0. The maximum Gasteiger partial charge on any atom is 0.262 e. The largest absolute Gasteiger partial charge is 0.377 e. The molecule has 0 aromatic heterocycles. The van der Waals surface area contributed by atoms with Gasteiger partial charge in [-0.25, -0.2) is 4.39 Å². The Labute approximate surface area is 76.8 Å². The van der Waals surface area contributed by atoms with Gasteiger partial charge in [0.15, 0.2) is 0 Å². The van der Waals surface area contributed by atoms with Crippen LogP contribution in [0.3, 0.4) is 0 Å². The van der Waals surface area contributed by atoms with Crippen LogP contribution in [0.25, 0.3) is 0 Å². The Morgan fingerprint density at radius 3 is 2.77 bits per heavy atom. The van der Waals surface area contributed by atoms with Crippen molar-refractivity contribution in [1.29, 1.82) is 0 Å². The lowest BCUT2D eigenvalue weighted by atomic mass is 10.0. The van der Waals surface area contributed by atoms with Gasteiger partial charge >= 0.3 is 0 Å². The van der Waals surface area contributed by atoms with Gasteiger partial charge in [-0.15, -0.1) is 0 Å². The Morgan fingerprint density at radius 1 is 1.62 bits per heavy atom. The van der Waals surface area contributed by atoms with Crippen LogP contribution in [-0.2, 0) is 9.53 Å². The number of ether oxygens (including phenoxy) is 1. The molecule has 2 rings (SSSR count). The lowest BCUT2D eigenvalue weighted by Gasteiger charge is -2.24. The summed E-state index contributed by atoms with van der Waals surface area (Å²) in [4.78, 5) is 13.2. The Hall–Kier alpha value is -0.640. The molecule has 1 atom stereocenters. The molecule has 0 radical (unpaired) electrons. The molecule has 4 heteroatoms. The third-order valence-electron chi connectivity index (χ3n) is 2.77. The standard InChI is InChI=1S/C9H14FNO2/c1-11(7-2-3-7)8(12)9(10)4-5-13-6-9/h7H,2-6H2,1H3. The van der Waals surface area contributed by atoms with Crippen molar-refractivity contribution in [2.45, 2.75) is 31.0 Å². The quantitative estimate of drug-likeness (QED) is 0.638. The van der Waals surface area contributed by atoms with E-state index in [9.17, 15) is 9.18 Å². The minimum atomic E-state index is -1.74. The number of carbonyl (C=O) groups excluding carboxylic acids is 1. The van der Waals surface area contributed by atoms with E-state index in [1.807, 2.05) is 0 Å². The molecule has 0 aromatic rings. The minimum absolute atomic E-state index is 0.0666. The molecule has 1 aliphatic heterocycles. The van der Waals surface area contributed by atoms with Crippen molar-refractivity contribution < 1.29 is 13.9 Å². The van der Waals surface area contributed by atoms with Crippen LogP contribution in [0, 0.1) is 0 Å². The van der Waals surface area contributed by atoms with E-state index in [4.69, 9.17) is 4.74 Å². The van der Waals surface area contributed by atoms with Gasteiger partial charge in [0.25, 0.3) is 5.91 Å². The Bertz CT molecular complexity index is 222. The smallest absolute Gasteiger partial charge is 0.262 e. The molecule has 3 nitrogen and oxygen atoms in total. The second-order valence-corrected chi connectivity index (χ2v) is 3.92. The Morgan fingerprint density at radius 2 is 2.31 bits per heavy atom. The number of alkyl halides is 1. The predicted molar refractivity (Wildman–Crippen MR) is 45.1 cm³/mol. The Kier molecular flexibility index (Phi) is 2.02. The van der Waals surface area contributed by atoms with Crippen molar-refractivity contribution in [3.63, 3.8) is 0 Å². The minimum Gasteiger partial charge on any atom is -0.377 e. The van der Waals surface area contributed by atoms with Crippen LogP contribution in [0.2, 0.25) is 0 Å². The molecule has 74 valence electrons. The van der Waals surface area contributed by atoms with Crippen LogP contribution in [0.15, 0.2) is 0 Å². The number of hydrogen-bond acceptors (Lipinski definition) is 2. The summed E-state index contributed by atoms with van der Waals surface area (Å²) in [6.45, 7) is 0.295.